The SMILES string of the molecule is Cc1ccc(S(=O)(=O)CCNCc2cccs2)cc1. The van der Waals surface area contributed by atoms with E-state index in [0.29, 0.717) is 11.4 Å². The second-order valence-electron chi connectivity index (χ2n) is 4.39. The smallest absolute Gasteiger partial charge is 0.179 e. The summed E-state index contributed by atoms with van der Waals surface area (Å²) in [7, 11) is -3.18. The Morgan fingerprint density at radius 3 is 2.53 bits per heavy atom. The van der Waals surface area contributed by atoms with E-state index in [1.807, 2.05) is 36.6 Å². The maximum Gasteiger partial charge on any atom is 0.179 e. The molecule has 0 spiro atoms. The van der Waals surface area contributed by atoms with Gasteiger partial charge in [0.15, 0.2) is 9.84 Å². The molecular formula is C14H17NO2S2. The number of thiophene rings is 1. The lowest BCUT2D eigenvalue weighted by Crippen LogP contribution is -2.22. The Labute approximate surface area is 118 Å². The molecule has 0 aliphatic rings. The van der Waals surface area contributed by atoms with E-state index in [4.69, 9.17) is 0 Å². The van der Waals surface area contributed by atoms with Gasteiger partial charge in [0, 0.05) is 18.0 Å². The van der Waals surface area contributed by atoms with Crippen LogP contribution in [0.1, 0.15) is 10.4 Å². The first kappa shape index (κ1) is 14.2. The van der Waals surface area contributed by atoms with Crippen molar-refractivity contribution in [3.05, 3.63) is 52.2 Å². The van der Waals surface area contributed by atoms with Crippen molar-refractivity contribution in [3.8, 4) is 0 Å². The molecule has 102 valence electrons. The summed E-state index contributed by atoms with van der Waals surface area (Å²) in [5.41, 5.74) is 1.06. The lowest BCUT2D eigenvalue weighted by Gasteiger charge is -2.06. The second kappa shape index (κ2) is 6.32. The highest BCUT2D eigenvalue weighted by Crippen LogP contribution is 2.12. The Kier molecular flexibility index (Phi) is 4.74. The van der Waals surface area contributed by atoms with Crippen LogP contribution in [0, 0.1) is 6.92 Å². The summed E-state index contributed by atoms with van der Waals surface area (Å²) in [6, 6.07) is 11.0. The van der Waals surface area contributed by atoms with E-state index in [0.717, 1.165) is 12.1 Å². The van der Waals surface area contributed by atoms with Gasteiger partial charge < -0.3 is 5.32 Å². The van der Waals surface area contributed by atoms with Crippen LogP contribution in [-0.4, -0.2) is 20.7 Å². The summed E-state index contributed by atoms with van der Waals surface area (Å²) in [5, 5.41) is 5.17. The highest BCUT2D eigenvalue weighted by molar-refractivity contribution is 7.91. The average molecular weight is 295 g/mol. The van der Waals surface area contributed by atoms with Crippen LogP contribution in [0.15, 0.2) is 46.7 Å². The molecule has 0 radical (unpaired) electrons. The predicted molar refractivity (Wildman–Crippen MR) is 79.3 cm³/mol. The average Bonchev–Trinajstić information content (AvgIpc) is 2.88. The van der Waals surface area contributed by atoms with Crippen LogP contribution in [0.2, 0.25) is 0 Å². The van der Waals surface area contributed by atoms with Crippen LogP contribution in [0.4, 0.5) is 0 Å². The van der Waals surface area contributed by atoms with E-state index in [2.05, 4.69) is 5.32 Å². The predicted octanol–water partition coefficient (Wildman–Crippen LogP) is 2.62. The third kappa shape index (κ3) is 4.16. The maximum atomic E-state index is 12.1. The van der Waals surface area contributed by atoms with E-state index in [9.17, 15) is 8.42 Å². The zero-order valence-electron chi connectivity index (χ0n) is 10.8. The molecular weight excluding hydrogens is 278 g/mol. The van der Waals surface area contributed by atoms with Crippen molar-refractivity contribution in [2.75, 3.05) is 12.3 Å². The Morgan fingerprint density at radius 2 is 1.89 bits per heavy atom. The number of nitrogens with one attached hydrogen (secondary N) is 1. The van der Waals surface area contributed by atoms with E-state index >= 15 is 0 Å². The first-order valence-corrected chi connectivity index (χ1v) is 8.64. The minimum atomic E-state index is -3.18. The molecule has 0 amide bonds. The molecule has 0 bridgehead atoms. The molecule has 0 aliphatic heterocycles. The fraction of sp³-hybridized carbons (Fsp3) is 0.286. The standard InChI is InChI=1S/C14H17NO2S2/c1-12-4-6-14(7-5-12)19(16,17)10-8-15-11-13-3-2-9-18-13/h2-7,9,15H,8,10-11H2,1H3. The van der Waals surface area contributed by atoms with Crippen LogP contribution in [0.3, 0.4) is 0 Å². The largest absolute Gasteiger partial charge is 0.311 e. The summed E-state index contributed by atoms with van der Waals surface area (Å²) in [6.45, 7) is 3.13. The van der Waals surface area contributed by atoms with Crippen molar-refractivity contribution in [2.45, 2.75) is 18.4 Å². The molecule has 3 nitrogen and oxygen atoms in total. The lowest BCUT2D eigenvalue weighted by molar-refractivity contribution is 0.591. The first-order valence-electron chi connectivity index (χ1n) is 6.10. The molecule has 1 aromatic carbocycles. The fourth-order valence-corrected chi connectivity index (χ4v) is 3.57. The Morgan fingerprint density at radius 1 is 1.16 bits per heavy atom. The third-order valence-electron chi connectivity index (χ3n) is 2.81. The zero-order chi connectivity index (χ0) is 13.7. The van der Waals surface area contributed by atoms with E-state index in [1.165, 1.54) is 4.88 Å². The summed E-state index contributed by atoms with van der Waals surface area (Å²) >= 11 is 1.67. The van der Waals surface area contributed by atoms with Crippen LogP contribution < -0.4 is 5.32 Å². The van der Waals surface area contributed by atoms with Gasteiger partial charge in [0.25, 0.3) is 0 Å². The molecule has 1 aromatic heterocycles. The van der Waals surface area contributed by atoms with Crippen LogP contribution in [-0.2, 0) is 16.4 Å². The van der Waals surface area contributed by atoms with Crippen molar-refractivity contribution in [1.82, 2.24) is 5.32 Å². The number of benzene rings is 1. The molecule has 0 unspecified atom stereocenters. The third-order valence-corrected chi connectivity index (χ3v) is 5.42. The van der Waals surface area contributed by atoms with Crippen LogP contribution in [0.5, 0.6) is 0 Å². The van der Waals surface area contributed by atoms with Gasteiger partial charge in [-0.1, -0.05) is 23.8 Å². The molecule has 1 N–H and O–H groups in total. The quantitative estimate of drug-likeness (QED) is 0.833. The Balaban J connectivity index is 1.86. The molecule has 0 aliphatic carbocycles. The lowest BCUT2D eigenvalue weighted by atomic mass is 10.2. The van der Waals surface area contributed by atoms with E-state index in [1.54, 1.807) is 23.5 Å². The van der Waals surface area contributed by atoms with Gasteiger partial charge in [0.2, 0.25) is 0 Å². The van der Waals surface area contributed by atoms with Gasteiger partial charge in [0.05, 0.1) is 10.6 Å². The minimum Gasteiger partial charge on any atom is -0.311 e. The molecule has 5 heteroatoms. The van der Waals surface area contributed by atoms with E-state index in [-0.39, 0.29) is 5.75 Å². The number of rotatable bonds is 6. The molecule has 0 atom stereocenters. The molecule has 0 saturated heterocycles. The summed E-state index contributed by atoms with van der Waals surface area (Å²) < 4.78 is 24.1. The monoisotopic (exact) mass is 295 g/mol. The Bertz CT molecular complexity index is 601. The fourth-order valence-electron chi connectivity index (χ4n) is 1.69. The van der Waals surface area contributed by atoms with Crippen molar-refractivity contribution < 1.29 is 8.42 Å². The van der Waals surface area contributed by atoms with Crippen molar-refractivity contribution >= 4 is 21.2 Å². The van der Waals surface area contributed by atoms with Gasteiger partial charge in [-0.25, -0.2) is 8.42 Å². The summed E-state index contributed by atoms with van der Waals surface area (Å²) in [6.07, 6.45) is 0. The first-order chi connectivity index (χ1) is 9.08. The molecule has 2 aromatic rings. The number of hydrogen-bond acceptors (Lipinski definition) is 4. The van der Waals surface area contributed by atoms with E-state index < -0.39 is 9.84 Å². The number of aryl methyl sites for hydroxylation is 1. The van der Waals surface area contributed by atoms with Gasteiger partial charge in [-0.05, 0) is 30.5 Å². The number of sulfone groups is 1. The van der Waals surface area contributed by atoms with Crippen LogP contribution >= 0.6 is 11.3 Å². The van der Waals surface area contributed by atoms with Gasteiger partial charge in [-0.2, -0.15) is 0 Å². The van der Waals surface area contributed by atoms with Gasteiger partial charge in [-0.15, -0.1) is 11.3 Å². The summed E-state index contributed by atoms with van der Waals surface area (Å²) in [5.74, 6) is 0.126. The topological polar surface area (TPSA) is 46.2 Å². The molecule has 0 saturated carbocycles. The van der Waals surface area contributed by atoms with Crippen molar-refractivity contribution in [3.63, 3.8) is 0 Å². The summed E-state index contributed by atoms with van der Waals surface area (Å²) in [4.78, 5) is 1.61. The van der Waals surface area contributed by atoms with Gasteiger partial charge >= 0.3 is 0 Å². The second-order valence-corrected chi connectivity index (χ2v) is 7.53. The molecule has 19 heavy (non-hydrogen) atoms. The van der Waals surface area contributed by atoms with Crippen molar-refractivity contribution in [2.24, 2.45) is 0 Å². The molecule has 1 heterocycles. The highest BCUT2D eigenvalue weighted by Gasteiger charge is 2.13. The maximum absolute atomic E-state index is 12.1. The zero-order valence-corrected chi connectivity index (χ0v) is 12.4. The highest BCUT2D eigenvalue weighted by atomic mass is 32.2. The van der Waals surface area contributed by atoms with Crippen LogP contribution in [0.25, 0.3) is 0 Å². The molecule has 0 fully saturated rings. The number of hydrogen-bond donors (Lipinski definition) is 1. The minimum absolute atomic E-state index is 0.126. The normalized spacial score (nSPS) is 11.6. The Hall–Kier alpha value is -1.17. The molecule has 2 rings (SSSR count). The van der Waals surface area contributed by atoms with Crippen molar-refractivity contribution in [1.29, 1.82) is 0 Å². The van der Waals surface area contributed by atoms with Gasteiger partial charge in [-0.3, -0.25) is 0 Å². The van der Waals surface area contributed by atoms with Gasteiger partial charge in [0.1, 0.15) is 0 Å².